The van der Waals surface area contributed by atoms with Crippen molar-refractivity contribution >= 4 is 110 Å². The lowest BCUT2D eigenvalue weighted by Crippen LogP contribution is -2.15. The second-order valence-corrected chi connectivity index (χ2v) is 37.2. The molecule has 14 heteroatoms. The molecule has 0 fully saturated rings. The van der Waals surface area contributed by atoms with Gasteiger partial charge in [-0.05, 0) is 134 Å². The van der Waals surface area contributed by atoms with E-state index in [0.29, 0.717) is 52.4 Å². The van der Waals surface area contributed by atoms with Crippen LogP contribution >= 0.6 is 0 Å². The smallest absolute Gasteiger partial charge is 0.164 e. The summed E-state index contributed by atoms with van der Waals surface area (Å²) >= 11 is 0. The maximum absolute atomic E-state index is 6.74. The molecule has 146 heavy (non-hydrogen) atoms. The van der Waals surface area contributed by atoms with E-state index in [1.165, 1.54) is 27.6 Å². The lowest BCUT2D eigenvalue weighted by molar-refractivity contribution is 0.657. The van der Waals surface area contributed by atoms with Gasteiger partial charge in [0.25, 0.3) is 0 Å². The third kappa shape index (κ3) is 15.3. The summed E-state index contributed by atoms with van der Waals surface area (Å²) in [5.41, 5.74) is 32.3. The van der Waals surface area contributed by atoms with Crippen LogP contribution in [0.5, 0.6) is 0 Å². The molecule has 1 aliphatic rings. The van der Waals surface area contributed by atoms with Crippen LogP contribution < -0.4 is 0 Å². The first kappa shape index (κ1) is 85.6. The zero-order valence-corrected chi connectivity index (χ0v) is 79.0. The highest BCUT2D eigenvalue weighted by atomic mass is 16.4. The number of furan rings is 5. The third-order valence-electron chi connectivity index (χ3n) is 28.0. The van der Waals surface area contributed by atoms with Gasteiger partial charge in [-0.2, -0.15) is 0 Å². The van der Waals surface area contributed by atoms with Crippen LogP contribution in [-0.2, 0) is 5.41 Å². The van der Waals surface area contributed by atoms with Crippen LogP contribution in [0.4, 0.5) is 0 Å². The molecule has 28 aromatic rings. The van der Waals surface area contributed by atoms with Crippen molar-refractivity contribution in [3.63, 3.8) is 0 Å². The van der Waals surface area contributed by atoms with E-state index in [0.717, 1.165) is 210 Å². The lowest BCUT2D eigenvalue weighted by Gasteiger charge is -2.22. The third-order valence-corrected chi connectivity index (χ3v) is 28.0. The number of para-hydroxylation sites is 5. The van der Waals surface area contributed by atoms with Crippen LogP contribution in [0.15, 0.2) is 489 Å². The average molecular weight is 1880 g/mol. The van der Waals surface area contributed by atoms with Gasteiger partial charge in [0.05, 0.1) is 11.1 Å². The van der Waals surface area contributed by atoms with Gasteiger partial charge in [-0.1, -0.05) is 408 Å². The summed E-state index contributed by atoms with van der Waals surface area (Å²) in [6.45, 7) is 4.68. The second-order valence-electron chi connectivity index (χ2n) is 37.2. The molecule has 20 aromatic carbocycles. The van der Waals surface area contributed by atoms with Gasteiger partial charge in [-0.3, -0.25) is 0 Å². The Balaban J connectivity index is 0.000000109. The Bertz CT molecular complexity index is 9630. The molecule has 29 rings (SSSR count). The number of hydrogen-bond acceptors (Lipinski definition) is 14. The maximum atomic E-state index is 6.74. The Hall–Kier alpha value is -19.6. The van der Waals surface area contributed by atoms with E-state index in [1.54, 1.807) is 0 Å². The van der Waals surface area contributed by atoms with Crippen LogP contribution in [0, 0.1) is 0 Å². The highest BCUT2D eigenvalue weighted by molar-refractivity contribution is 6.24. The van der Waals surface area contributed by atoms with Crippen molar-refractivity contribution < 1.29 is 22.1 Å². The number of benzene rings is 20. The molecule has 0 spiro atoms. The first-order valence-corrected chi connectivity index (χ1v) is 48.8. The Kier molecular flexibility index (Phi) is 20.9. The molecule has 0 N–H and O–H groups in total. The summed E-state index contributed by atoms with van der Waals surface area (Å²) in [6, 6.07) is 160. The van der Waals surface area contributed by atoms with E-state index in [2.05, 4.69) is 232 Å². The summed E-state index contributed by atoms with van der Waals surface area (Å²) < 4.78 is 32.9. The van der Waals surface area contributed by atoms with Gasteiger partial charge in [0.1, 0.15) is 55.8 Å². The van der Waals surface area contributed by atoms with Gasteiger partial charge in [0.2, 0.25) is 0 Å². The van der Waals surface area contributed by atoms with Crippen molar-refractivity contribution in [2.45, 2.75) is 19.3 Å². The van der Waals surface area contributed by atoms with Crippen molar-refractivity contribution in [2.24, 2.45) is 0 Å². The van der Waals surface area contributed by atoms with Gasteiger partial charge < -0.3 is 22.1 Å². The van der Waals surface area contributed by atoms with Crippen LogP contribution in [-0.4, -0.2) is 44.9 Å². The minimum Gasteiger partial charge on any atom is -0.455 e. The Morgan fingerprint density at radius 1 is 0.151 bits per heavy atom. The molecule has 0 radical (unpaired) electrons. The van der Waals surface area contributed by atoms with E-state index < -0.39 is 0 Å². The van der Waals surface area contributed by atoms with Crippen LogP contribution in [0.2, 0.25) is 0 Å². The largest absolute Gasteiger partial charge is 0.455 e. The Morgan fingerprint density at radius 2 is 0.390 bits per heavy atom. The summed E-state index contributed by atoms with van der Waals surface area (Å²) in [5, 5.41) is 10.9. The van der Waals surface area contributed by atoms with Crippen molar-refractivity contribution in [3.8, 4) is 169 Å². The number of fused-ring (bicyclic) bond motifs is 19. The molecule has 0 saturated carbocycles. The fourth-order valence-electron chi connectivity index (χ4n) is 20.9. The van der Waals surface area contributed by atoms with Crippen LogP contribution in [0.1, 0.15) is 25.0 Å². The first-order chi connectivity index (χ1) is 72.1. The summed E-state index contributed by atoms with van der Waals surface area (Å²) in [6.07, 6.45) is 0. The van der Waals surface area contributed by atoms with Crippen molar-refractivity contribution in [2.75, 3.05) is 0 Å². The highest BCUT2D eigenvalue weighted by Gasteiger charge is 2.39. The maximum Gasteiger partial charge on any atom is 0.164 e. The molecule has 8 aromatic heterocycles. The highest BCUT2D eigenvalue weighted by Crippen LogP contribution is 2.56. The first-order valence-electron chi connectivity index (χ1n) is 48.8. The quantitative estimate of drug-likeness (QED) is 0.100. The standard InChI is InChI=1S/C48H33N3O.C45H27N3O2.C39H23N3O2/c1-48(2)39-25-11-9-23-36(39)42-40(48)29-38(44-43(42)37-24-10-12-26-41(37)52-44)34-21-13-19-32(27-34)33-20-14-22-35(28-33)47-50-45(30-15-5-3-6-16-30)49-46(51-47)31-17-7-4-8-18-31;1-3-13-28(14-4-1)43-46-44(29-15-5-2-6-16-29)48-45(47-43)33-20-12-18-31(26-33)30-17-11-19-32(25-30)40-41-36(34-21-7-9-23-38(34)49-41)27-37-35-22-8-10-24-39(35)50-42(37)40;1-3-11-25(12-4-1)37-40-38(26-13-5-2-6-14-26)42-39(41-37)27-21-19-24(20-22-27)34-35-30(28-15-7-9-17-32(28)43-35)23-31-29-16-8-10-18-33(29)44-36(31)34/h3-29H,1-2H3;1-27H;1-23H. The van der Waals surface area contributed by atoms with Gasteiger partial charge in [-0.15, -0.1) is 0 Å². The molecule has 686 valence electrons. The summed E-state index contributed by atoms with van der Waals surface area (Å²) in [5.74, 6) is 5.69. The van der Waals surface area contributed by atoms with E-state index in [1.807, 2.05) is 249 Å². The van der Waals surface area contributed by atoms with E-state index >= 15 is 0 Å². The van der Waals surface area contributed by atoms with E-state index in [-0.39, 0.29) is 5.41 Å². The number of aromatic nitrogens is 9. The van der Waals surface area contributed by atoms with Gasteiger partial charge in [0, 0.05) is 115 Å². The predicted octanol–water partition coefficient (Wildman–Crippen LogP) is 34.8. The molecule has 14 nitrogen and oxygen atoms in total. The lowest BCUT2D eigenvalue weighted by atomic mass is 9.81. The topological polar surface area (TPSA) is 182 Å². The molecular weight excluding hydrogens is 1790 g/mol. The molecule has 0 amide bonds. The van der Waals surface area contributed by atoms with E-state index in [9.17, 15) is 0 Å². The molecular formula is C132H83N9O5. The molecule has 1 aliphatic carbocycles. The predicted molar refractivity (Wildman–Crippen MR) is 590 cm³/mol. The Morgan fingerprint density at radius 3 is 0.747 bits per heavy atom. The average Bonchev–Trinajstić information content (AvgIpc) is 1.59. The van der Waals surface area contributed by atoms with Gasteiger partial charge in [-0.25, -0.2) is 44.9 Å². The fourth-order valence-corrected chi connectivity index (χ4v) is 20.9. The molecule has 0 atom stereocenters. The van der Waals surface area contributed by atoms with Gasteiger partial charge in [0.15, 0.2) is 52.4 Å². The zero-order valence-electron chi connectivity index (χ0n) is 79.0. The second kappa shape index (κ2) is 35.6. The number of rotatable bonds is 14. The molecule has 0 aliphatic heterocycles. The van der Waals surface area contributed by atoms with Crippen molar-refractivity contribution in [1.29, 1.82) is 0 Å². The van der Waals surface area contributed by atoms with Gasteiger partial charge >= 0.3 is 0 Å². The Labute approximate surface area is 837 Å². The number of nitrogens with zero attached hydrogens (tertiary/aromatic N) is 9. The van der Waals surface area contributed by atoms with Crippen molar-refractivity contribution in [1.82, 2.24) is 44.9 Å². The molecule has 0 unspecified atom stereocenters. The monoisotopic (exact) mass is 1870 g/mol. The zero-order chi connectivity index (χ0) is 96.9. The fraction of sp³-hybridized carbons (Fsp3) is 0.0227. The summed E-state index contributed by atoms with van der Waals surface area (Å²) in [4.78, 5) is 44.3. The number of hydrogen-bond donors (Lipinski definition) is 0. The normalized spacial score (nSPS) is 12.1. The van der Waals surface area contributed by atoms with Crippen molar-refractivity contribution in [3.05, 3.63) is 478 Å². The summed E-state index contributed by atoms with van der Waals surface area (Å²) in [7, 11) is 0. The molecule has 8 heterocycles. The molecule has 0 bridgehead atoms. The van der Waals surface area contributed by atoms with E-state index in [4.69, 9.17) is 66.9 Å². The van der Waals surface area contributed by atoms with Crippen LogP contribution in [0.3, 0.4) is 0 Å². The minimum atomic E-state index is -0.152. The molecule has 0 saturated heterocycles. The minimum absolute atomic E-state index is 0.152. The van der Waals surface area contributed by atoms with Crippen LogP contribution in [0.25, 0.3) is 279 Å². The SMILES string of the molecule is CC1(C)c2ccccc2-c2c1cc(-c1cccc(-c3cccc(-c4nc(-c5ccccc5)nc(-c5ccccc5)n4)c3)c1)c1oc3ccccc3c21.c1ccc(-c2nc(-c3ccccc3)nc(-c3ccc(-c4c5oc6ccccc6c5cc5c4oc4ccccc45)cc3)n2)cc1.c1ccc(-c2nc(-c3ccccc3)nc(-c3cccc(-c4cccc(-c5c6oc7ccccc7c6cc6c5oc5ccccc56)c4)c3)n2)cc1.